The van der Waals surface area contributed by atoms with Gasteiger partial charge in [0.05, 0.1) is 0 Å². The van der Waals surface area contributed by atoms with Crippen molar-refractivity contribution in [2.75, 3.05) is 11.9 Å². The van der Waals surface area contributed by atoms with Crippen molar-refractivity contribution in [3.63, 3.8) is 0 Å². The molecule has 2 N–H and O–H groups in total. The summed E-state index contributed by atoms with van der Waals surface area (Å²) in [5, 5.41) is 0.752. The van der Waals surface area contributed by atoms with Crippen LogP contribution >= 0.6 is 11.6 Å². The Labute approximate surface area is 103 Å². The van der Waals surface area contributed by atoms with Crippen molar-refractivity contribution in [2.45, 2.75) is 39.3 Å². The fraction of sp³-hybridized carbons (Fsp3) is 0.538. The fourth-order valence-corrected chi connectivity index (χ4v) is 2.29. The van der Waals surface area contributed by atoms with E-state index in [4.69, 9.17) is 17.3 Å². The minimum absolute atomic E-state index is 0.528. The van der Waals surface area contributed by atoms with E-state index in [-0.39, 0.29) is 0 Å². The molecule has 1 aromatic carbocycles. The lowest BCUT2D eigenvalue weighted by Gasteiger charge is -2.30. The number of nitrogens with two attached hydrogens (primary N) is 1. The molecule has 2 nitrogen and oxygen atoms in total. The van der Waals surface area contributed by atoms with Gasteiger partial charge in [0, 0.05) is 30.3 Å². The van der Waals surface area contributed by atoms with Gasteiger partial charge < -0.3 is 10.6 Å². The SMILES string of the molecule is CCC(CC)N(C)c1ccc(Cl)cc1CN. The molecule has 1 aromatic rings. The average Bonchev–Trinajstić information content (AvgIpc) is 2.30. The molecule has 0 amide bonds. The lowest BCUT2D eigenvalue weighted by Crippen LogP contribution is -2.31. The van der Waals surface area contributed by atoms with Crippen molar-refractivity contribution in [3.05, 3.63) is 28.8 Å². The number of benzene rings is 1. The van der Waals surface area contributed by atoms with Crippen molar-refractivity contribution < 1.29 is 0 Å². The van der Waals surface area contributed by atoms with E-state index >= 15 is 0 Å². The Morgan fingerprint density at radius 2 is 1.94 bits per heavy atom. The lowest BCUT2D eigenvalue weighted by molar-refractivity contribution is 0.590. The molecule has 0 spiro atoms. The van der Waals surface area contributed by atoms with Gasteiger partial charge in [-0.05, 0) is 36.6 Å². The predicted octanol–water partition coefficient (Wildman–Crippen LogP) is 3.42. The highest BCUT2D eigenvalue weighted by atomic mass is 35.5. The second kappa shape index (κ2) is 6.12. The number of hydrogen-bond donors (Lipinski definition) is 1. The molecular weight excluding hydrogens is 220 g/mol. The van der Waals surface area contributed by atoms with E-state index in [0.717, 1.165) is 23.4 Å². The zero-order valence-corrected chi connectivity index (χ0v) is 11.1. The average molecular weight is 241 g/mol. The normalized spacial score (nSPS) is 10.9. The highest BCUT2D eigenvalue weighted by molar-refractivity contribution is 6.30. The van der Waals surface area contributed by atoms with E-state index < -0.39 is 0 Å². The first-order chi connectivity index (χ1) is 7.63. The van der Waals surface area contributed by atoms with Gasteiger partial charge in [-0.3, -0.25) is 0 Å². The maximum atomic E-state index is 5.97. The summed E-state index contributed by atoms with van der Waals surface area (Å²) >= 11 is 5.97. The molecule has 0 fully saturated rings. The van der Waals surface area contributed by atoms with Crippen molar-refractivity contribution >= 4 is 17.3 Å². The Kier molecular flexibility index (Phi) is 5.10. The summed E-state index contributed by atoms with van der Waals surface area (Å²) in [6.45, 7) is 4.95. The zero-order valence-electron chi connectivity index (χ0n) is 10.3. The molecule has 0 aromatic heterocycles. The smallest absolute Gasteiger partial charge is 0.0412 e. The van der Waals surface area contributed by atoms with Gasteiger partial charge in [-0.15, -0.1) is 0 Å². The lowest BCUT2D eigenvalue weighted by atomic mass is 10.1. The van der Waals surface area contributed by atoms with Crippen LogP contribution in [0.2, 0.25) is 5.02 Å². The van der Waals surface area contributed by atoms with Crippen molar-refractivity contribution in [1.82, 2.24) is 0 Å². The number of rotatable bonds is 5. The van der Waals surface area contributed by atoms with E-state index in [9.17, 15) is 0 Å². The van der Waals surface area contributed by atoms with E-state index in [0.29, 0.717) is 12.6 Å². The van der Waals surface area contributed by atoms with Crippen LogP contribution in [0.3, 0.4) is 0 Å². The fourth-order valence-electron chi connectivity index (χ4n) is 2.09. The predicted molar refractivity (Wildman–Crippen MR) is 72.1 cm³/mol. The summed E-state index contributed by atoms with van der Waals surface area (Å²) in [5.74, 6) is 0. The summed E-state index contributed by atoms with van der Waals surface area (Å²) in [4.78, 5) is 2.30. The van der Waals surface area contributed by atoms with E-state index in [1.807, 2.05) is 12.1 Å². The highest BCUT2D eigenvalue weighted by Crippen LogP contribution is 2.26. The minimum Gasteiger partial charge on any atom is -0.371 e. The van der Waals surface area contributed by atoms with Crippen LogP contribution in [0.25, 0.3) is 0 Å². The second-order valence-corrected chi connectivity index (χ2v) is 4.49. The van der Waals surface area contributed by atoms with Gasteiger partial charge in [0.15, 0.2) is 0 Å². The molecule has 0 heterocycles. The van der Waals surface area contributed by atoms with E-state index in [1.165, 1.54) is 5.69 Å². The maximum absolute atomic E-state index is 5.97. The van der Waals surface area contributed by atoms with Gasteiger partial charge >= 0.3 is 0 Å². The highest BCUT2D eigenvalue weighted by Gasteiger charge is 2.14. The molecule has 0 radical (unpaired) electrons. The summed E-state index contributed by atoms with van der Waals surface area (Å²) in [5.41, 5.74) is 8.06. The molecule has 0 saturated carbocycles. The molecule has 16 heavy (non-hydrogen) atoms. The van der Waals surface area contributed by atoms with Gasteiger partial charge in [0.1, 0.15) is 0 Å². The largest absolute Gasteiger partial charge is 0.371 e. The Bertz CT molecular complexity index is 335. The Balaban J connectivity index is 3.02. The molecule has 3 heteroatoms. The van der Waals surface area contributed by atoms with Crippen LogP contribution in [0, 0.1) is 0 Å². The molecule has 90 valence electrons. The minimum atomic E-state index is 0.528. The van der Waals surface area contributed by atoms with Gasteiger partial charge in [-0.1, -0.05) is 25.4 Å². The third-order valence-corrected chi connectivity index (χ3v) is 3.37. The topological polar surface area (TPSA) is 29.3 Å². The summed E-state index contributed by atoms with van der Waals surface area (Å²) in [6.07, 6.45) is 2.28. The molecule has 0 aliphatic carbocycles. The van der Waals surface area contributed by atoms with Crippen molar-refractivity contribution in [2.24, 2.45) is 5.73 Å². The standard InChI is InChI=1S/C13H21ClN2/c1-4-12(5-2)16(3)13-7-6-11(14)8-10(13)9-15/h6-8,12H,4-5,9,15H2,1-3H3. The van der Waals surface area contributed by atoms with Crippen LogP contribution < -0.4 is 10.6 Å². The van der Waals surface area contributed by atoms with E-state index in [2.05, 4.69) is 31.9 Å². The third kappa shape index (κ3) is 2.89. The molecule has 0 atom stereocenters. The molecule has 0 unspecified atom stereocenters. The summed E-state index contributed by atoms with van der Waals surface area (Å²) in [7, 11) is 2.13. The molecular formula is C13H21ClN2. The molecule has 0 bridgehead atoms. The third-order valence-electron chi connectivity index (χ3n) is 3.13. The zero-order chi connectivity index (χ0) is 12.1. The number of halogens is 1. The van der Waals surface area contributed by atoms with Crippen LogP contribution in [0.15, 0.2) is 18.2 Å². The van der Waals surface area contributed by atoms with Crippen LogP contribution in [-0.4, -0.2) is 13.1 Å². The molecule has 0 aliphatic rings. The van der Waals surface area contributed by atoms with Gasteiger partial charge in [-0.2, -0.15) is 0 Å². The van der Waals surface area contributed by atoms with Crippen LogP contribution in [-0.2, 0) is 6.54 Å². The first-order valence-electron chi connectivity index (χ1n) is 5.85. The van der Waals surface area contributed by atoms with Crippen molar-refractivity contribution in [1.29, 1.82) is 0 Å². The van der Waals surface area contributed by atoms with Crippen LogP contribution in [0.4, 0.5) is 5.69 Å². The Morgan fingerprint density at radius 3 is 2.44 bits per heavy atom. The van der Waals surface area contributed by atoms with E-state index in [1.54, 1.807) is 0 Å². The Hall–Kier alpha value is -0.730. The van der Waals surface area contributed by atoms with Crippen molar-refractivity contribution in [3.8, 4) is 0 Å². The first-order valence-corrected chi connectivity index (χ1v) is 6.23. The van der Waals surface area contributed by atoms with Gasteiger partial charge in [-0.25, -0.2) is 0 Å². The van der Waals surface area contributed by atoms with Gasteiger partial charge in [0.25, 0.3) is 0 Å². The summed E-state index contributed by atoms with van der Waals surface area (Å²) < 4.78 is 0. The number of hydrogen-bond acceptors (Lipinski definition) is 2. The van der Waals surface area contributed by atoms with Gasteiger partial charge in [0.2, 0.25) is 0 Å². The Morgan fingerprint density at radius 1 is 1.31 bits per heavy atom. The van der Waals surface area contributed by atoms with Crippen LogP contribution in [0.1, 0.15) is 32.3 Å². The number of anilines is 1. The molecule has 0 aliphatic heterocycles. The quantitative estimate of drug-likeness (QED) is 0.855. The monoisotopic (exact) mass is 240 g/mol. The second-order valence-electron chi connectivity index (χ2n) is 4.06. The molecule has 0 saturated heterocycles. The molecule has 1 rings (SSSR count). The maximum Gasteiger partial charge on any atom is 0.0412 e. The summed E-state index contributed by atoms with van der Waals surface area (Å²) in [6, 6.07) is 6.50. The number of nitrogens with zero attached hydrogens (tertiary/aromatic N) is 1. The first kappa shape index (κ1) is 13.3. The van der Waals surface area contributed by atoms with Crippen LogP contribution in [0.5, 0.6) is 0 Å².